The van der Waals surface area contributed by atoms with Crippen molar-refractivity contribution in [3.05, 3.63) is 59.3 Å². The van der Waals surface area contributed by atoms with Crippen LogP contribution in [0.25, 0.3) is 0 Å². The van der Waals surface area contributed by atoms with E-state index in [9.17, 15) is 0 Å². The van der Waals surface area contributed by atoms with Gasteiger partial charge in [-0.3, -0.25) is 0 Å². The maximum absolute atomic E-state index is 4.00. The third-order valence-corrected chi connectivity index (χ3v) is 4.73. The Kier molecular flexibility index (Phi) is 2.89. The highest BCUT2D eigenvalue weighted by Crippen LogP contribution is 2.56. The predicted molar refractivity (Wildman–Crippen MR) is 78.3 cm³/mol. The van der Waals surface area contributed by atoms with E-state index in [4.69, 9.17) is 0 Å². The molecule has 94 valence electrons. The SMILES string of the molecule is C=CC1=C(CC)CC2(CC3=C(C=CCC=C3)C2)C1. The lowest BCUT2D eigenvalue weighted by Crippen LogP contribution is -2.13. The summed E-state index contributed by atoms with van der Waals surface area (Å²) in [6.07, 6.45) is 18.8. The van der Waals surface area contributed by atoms with Crippen LogP contribution in [0.3, 0.4) is 0 Å². The van der Waals surface area contributed by atoms with Crippen molar-refractivity contribution >= 4 is 0 Å². The van der Waals surface area contributed by atoms with Gasteiger partial charge in [-0.2, -0.15) is 0 Å². The smallest absolute Gasteiger partial charge is 0.0139 e. The van der Waals surface area contributed by atoms with Crippen LogP contribution < -0.4 is 0 Å². The maximum Gasteiger partial charge on any atom is -0.0139 e. The summed E-state index contributed by atoms with van der Waals surface area (Å²) >= 11 is 0. The average Bonchev–Trinajstić information content (AvgIpc) is 2.82. The van der Waals surface area contributed by atoms with Crippen molar-refractivity contribution in [2.75, 3.05) is 0 Å². The Labute approximate surface area is 110 Å². The summed E-state index contributed by atoms with van der Waals surface area (Å²) in [6.45, 7) is 6.28. The van der Waals surface area contributed by atoms with Crippen LogP contribution in [0, 0.1) is 5.41 Å². The van der Waals surface area contributed by atoms with E-state index < -0.39 is 0 Å². The molecule has 3 rings (SSSR count). The van der Waals surface area contributed by atoms with Gasteiger partial charge in [0.05, 0.1) is 0 Å². The van der Waals surface area contributed by atoms with Crippen molar-refractivity contribution < 1.29 is 0 Å². The number of hydrogen-bond donors (Lipinski definition) is 0. The van der Waals surface area contributed by atoms with Gasteiger partial charge in [-0.1, -0.05) is 49.5 Å². The van der Waals surface area contributed by atoms with Gasteiger partial charge < -0.3 is 0 Å². The molecule has 0 fully saturated rings. The zero-order valence-corrected chi connectivity index (χ0v) is 11.3. The summed E-state index contributed by atoms with van der Waals surface area (Å²) in [6, 6.07) is 0. The van der Waals surface area contributed by atoms with E-state index in [0.29, 0.717) is 5.41 Å². The molecule has 0 heteroatoms. The number of rotatable bonds is 2. The highest BCUT2D eigenvalue weighted by atomic mass is 14.5. The molecule has 0 aliphatic heterocycles. The second kappa shape index (κ2) is 4.42. The van der Waals surface area contributed by atoms with Crippen molar-refractivity contribution in [1.29, 1.82) is 0 Å². The minimum Gasteiger partial charge on any atom is -0.0988 e. The molecule has 0 unspecified atom stereocenters. The molecular formula is C18H22. The van der Waals surface area contributed by atoms with Crippen molar-refractivity contribution in [1.82, 2.24) is 0 Å². The molecule has 3 aliphatic rings. The molecule has 0 atom stereocenters. The van der Waals surface area contributed by atoms with Gasteiger partial charge in [0.2, 0.25) is 0 Å². The minimum absolute atomic E-state index is 0.492. The molecule has 0 amide bonds. The molecule has 3 aliphatic carbocycles. The molecule has 0 aromatic heterocycles. The van der Waals surface area contributed by atoms with Gasteiger partial charge in [-0.25, -0.2) is 0 Å². The Balaban J connectivity index is 1.83. The molecule has 0 aromatic carbocycles. The molecule has 0 radical (unpaired) electrons. The molecule has 0 saturated carbocycles. The summed E-state index contributed by atoms with van der Waals surface area (Å²) in [5.41, 5.74) is 6.85. The zero-order valence-electron chi connectivity index (χ0n) is 11.3. The van der Waals surface area contributed by atoms with Crippen LogP contribution in [0.5, 0.6) is 0 Å². The summed E-state index contributed by atoms with van der Waals surface area (Å²) in [5, 5.41) is 0. The van der Waals surface area contributed by atoms with Gasteiger partial charge in [-0.15, -0.1) is 0 Å². The largest absolute Gasteiger partial charge is 0.0988 e. The maximum atomic E-state index is 4.00. The predicted octanol–water partition coefficient (Wildman–Crippen LogP) is 5.27. The number of hydrogen-bond acceptors (Lipinski definition) is 0. The lowest BCUT2D eigenvalue weighted by Gasteiger charge is -2.24. The molecule has 18 heavy (non-hydrogen) atoms. The average molecular weight is 238 g/mol. The van der Waals surface area contributed by atoms with Crippen molar-refractivity contribution in [3.63, 3.8) is 0 Å². The van der Waals surface area contributed by atoms with Gasteiger partial charge in [0, 0.05) is 0 Å². The van der Waals surface area contributed by atoms with E-state index in [1.807, 2.05) is 0 Å². The van der Waals surface area contributed by atoms with E-state index in [2.05, 4.69) is 43.9 Å². The second-order valence-corrected chi connectivity index (χ2v) is 5.98. The van der Waals surface area contributed by atoms with E-state index >= 15 is 0 Å². The lowest BCUT2D eigenvalue weighted by molar-refractivity contribution is 0.323. The van der Waals surface area contributed by atoms with Crippen LogP contribution in [0.1, 0.15) is 45.4 Å². The Bertz CT molecular complexity index is 470. The van der Waals surface area contributed by atoms with Crippen molar-refractivity contribution in [2.24, 2.45) is 5.41 Å². The first-order valence-electron chi connectivity index (χ1n) is 7.15. The zero-order chi connectivity index (χ0) is 12.6. The van der Waals surface area contributed by atoms with Gasteiger partial charge >= 0.3 is 0 Å². The van der Waals surface area contributed by atoms with Gasteiger partial charge in [-0.05, 0) is 60.7 Å². The fourth-order valence-corrected chi connectivity index (χ4v) is 3.90. The van der Waals surface area contributed by atoms with E-state index in [0.717, 1.165) is 6.42 Å². The molecule has 0 aromatic rings. The fourth-order valence-electron chi connectivity index (χ4n) is 3.90. The monoisotopic (exact) mass is 238 g/mol. The first-order chi connectivity index (χ1) is 8.76. The Morgan fingerprint density at radius 3 is 2.28 bits per heavy atom. The highest BCUT2D eigenvalue weighted by Gasteiger charge is 2.42. The normalized spacial score (nSPS) is 24.9. The van der Waals surface area contributed by atoms with E-state index in [1.165, 1.54) is 37.7 Å². The van der Waals surface area contributed by atoms with Crippen LogP contribution in [0.15, 0.2) is 59.3 Å². The summed E-state index contributed by atoms with van der Waals surface area (Å²) < 4.78 is 0. The molecular weight excluding hydrogens is 216 g/mol. The minimum atomic E-state index is 0.492. The molecule has 1 spiro atoms. The van der Waals surface area contributed by atoms with Crippen LogP contribution >= 0.6 is 0 Å². The summed E-state index contributed by atoms with van der Waals surface area (Å²) in [5.74, 6) is 0. The van der Waals surface area contributed by atoms with Gasteiger partial charge in [0.1, 0.15) is 0 Å². The molecule has 0 nitrogen and oxygen atoms in total. The molecule has 0 saturated heterocycles. The number of allylic oxidation sites excluding steroid dienone is 9. The second-order valence-electron chi connectivity index (χ2n) is 5.98. The van der Waals surface area contributed by atoms with Crippen molar-refractivity contribution in [3.8, 4) is 0 Å². The first-order valence-corrected chi connectivity index (χ1v) is 7.15. The van der Waals surface area contributed by atoms with Gasteiger partial charge in [0.15, 0.2) is 0 Å². The topological polar surface area (TPSA) is 0 Å². The van der Waals surface area contributed by atoms with Crippen LogP contribution in [0.2, 0.25) is 0 Å². The van der Waals surface area contributed by atoms with Crippen LogP contribution in [0.4, 0.5) is 0 Å². The summed E-state index contributed by atoms with van der Waals surface area (Å²) in [4.78, 5) is 0. The Hall–Kier alpha value is -1.30. The quantitative estimate of drug-likeness (QED) is 0.615. The fraction of sp³-hybridized carbons (Fsp3) is 0.444. The van der Waals surface area contributed by atoms with Gasteiger partial charge in [0.25, 0.3) is 0 Å². The highest BCUT2D eigenvalue weighted by molar-refractivity contribution is 5.45. The Morgan fingerprint density at radius 2 is 1.78 bits per heavy atom. The molecule has 0 bridgehead atoms. The van der Waals surface area contributed by atoms with Crippen LogP contribution in [-0.4, -0.2) is 0 Å². The van der Waals surface area contributed by atoms with E-state index in [1.54, 1.807) is 16.7 Å². The first kappa shape index (κ1) is 11.8. The Morgan fingerprint density at radius 1 is 1.11 bits per heavy atom. The van der Waals surface area contributed by atoms with Crippen LogP contribution in [-0.2, 0) is 0 Å². The lowest BCUT2D eigenvalue weighted by atomic mass is 9.79. The third kappa shape index (κ3) is 1.84. The third-order valence-electron chi connectivity index (χ3n) is 4.73. The molecule has 0 heterocycles. The standard InChI is InChI=1S/C18H22/c1-3-14-10-18(11-15(14)4-2)12-16-8-6-5-7-9-17(16)13-18/h3,6-9H,1,4-5,10-13H2,2H3. The molecule has 0 N–H and O–H groups in total. The van der Waals surface area contributed by atoms with E-state index in [-0.39, 0.29) is 0 Å². The summed E-state index contributed by atoms with van der Waals surface area (Å²) in [7, 11) is 0. The van der Waals surface area contributed by atoms with Crippen molar-refractivity contribution in [2.45, 2.75) is 45.4 Å².